The lowest BCUT2D eigenvalue weighted by Gasteiger charge is -2.36. The molecule has 0 aromatic heterocycles. The molecular formula is C15H20O2. The number of benzene rings is 1. The molecule has 1 aliphatic heterocycles. The minimum atomic E-state index is -0.659. The summed E-state index contributed by atoms with van der Waals surface area (Å²) in [5.41, 5.74) is 1.63. The van der Waals surface area contributed by atoms with Crippen molar-refractivity contribution in [3.05, 3.63) is 29.3 Å². The number of para-hydroxylation sites is 1. The van der Waals surface area contributed by atoms with Gasteiger partial charge in [0.25, 0.3) is 0 Å². The first-order valence-electron chi connectivity index (χ1n) is 6.66. The summed E-state index contributed by atoms with van der Waals surface area (Å²) < 4.78 is 5.72. The summed E-state index contributed by atoms with van der Waals surface area (Å²) in [6.07, 6.45) is 5.07. The Morgan fingerprint density at radius 3 is 3.12 bits per heavy atom. The zero-order valence-corrected chi connectivity index (χ0v) is 10.4. The normalized spacial score (nSPS) is 32.0. The Balaban J connectivity index is 2.00. The maximum atomic E-state index is 10.9. The summed E-state index contributed by atoms with van der Waals surface area (Å²) in [4.78, 5) is 0. The topological polar surface area (TPSA) is 29.5 Å². The molecule has 0 saturated heterocycles. The van der Waals surface area contributed by atoms with Crippen molar-refractivity contribution in [1.82, 2.24) is 0 Å². The Morgan fingerprint density at radius 2 is 2.29 bits per heavy atom. The first-order chi connectivity index (χ1) is 8.19. The first kappa shape index (κ1) is 11.1. The molecule has 0 radical (unpaired) electrons. The van der Waals surface area contributed by atoms with E-state index in [0.29, 0.717) is 5.92 Å². The van der Waals surface area contributed by atoms with E-state index in [1.165, 1.54) is 12.0 Å². The smallest absolute Gasteiger partial charge is 0.128 e. The maximum absolute atomic E-state index is 10.9. The van der Waals surface area contributed by atoms with Crippen LogP contribution in [0.4, 0.5) is 0 Å². The zero-order valence-electron chi connectivity index (χ0n) is 10.4. The molecule has 1 aromatic rings. The van der Waals surface area contributed by atoms with Gasteiger partial charge in [-0.15, -0.1) is 0 Å². The highest BCUT2D eigenvalue weighted by Gasteiger charge is 2.37. The van der Waals surface area contributed by atoms with Crippen LogP contribution in [0.1, 0.15) is 43.7 Å². The van der Waals surface area contributed by atoms with E-state index in [0.717, 1.165) is 43.6 Å². The molecule has 1 saturated carbocycles. The lowest BCUT2D eigenvalue weighted by Crippen LogP contribution is -2.32. The minimum Gasteiger partial charge on any atom is -0.493 e. The van der Waals surface area contributed by atoms with Crippen LogP contribution in [0.5, 0.6) is 5.75 Å². The molecule has 0 bridgehead atoms. The molecule has 0 spiro atoms. The molecule has 1 aromatic carbocycles. The third-order valence-corrected chi connectivity index (χ3v) is 4.19. The van der Waals surface area contributed by atoms with Crippen LogP contribution < -0.4 is 4.74 Å². The van der Waals surface area contributed by atoms with E-state index >= 15 is 0 Å². The Morgan fingerprint density at radius 1 is 1.41 bits per heavy atom. The van der Waals surface area contributed by atoms with Crippen molar-refractivity contribution >= 4 is 0 Å². The van der Waals surface area contributed by atoms with Crippen molar-refractivity contribution in [2.45, 2.75) is 44.6 Å². The van der Waals surface area contributed by atoms with Gasteiger partial charge in [0.2, 0.25) is 0 Å². The molecule has 1 N–H and O–H groups in total. The van der Waals surface area contributed by atoms with E-state index in [-0.39, 0.29) is 0 Å². The number of hydrogen-bond donors (Lipinski definition) is 1. The molecule has 0 amide bonds. The van der Waals surface area contributed by atoms with Gasteiger partial charge in [0.15, 0.2) is 0 Å². The second-order valence-electron chi connectivity index (χ2n) is 5.63. The largest absolute Gasteiger partial charge is 0.493 e. The molecular weight excluding hydrogens is 212 g/mol. The fourth-order valence-corrected chi connectivity index (χ4v) is 3.35. The Labute approximate surface area is 103 Å². The molecule has 17 heavy (non-hydrogen) atoms. The molecule has 2 nitrogen and oxygen atoms in total. The van der Waals surface area contributed by atoms with Crippen molar-refractivity contribution in [2.24, 2.45) is 5.92 Å². The second-order valence-corrected chi connectivity index (χ2v) is 5.63. The van der Waals surface area contributed by atoms with E-state index in [4.69, 9.17) is 4.74 Å². The molecule has 92 valence electrons. The highest BCUT2D eigenvalue weighted by molar-refractivity contribution is 5.47. The van der Waals surface area contributed by atoms with Crippen LogP contribution in [0.15, 0.2) is 18.2 Å². The number of fused-ring (bicyclic) bond motifs is 1. The van der Waals surface area contributed by atoms with Crippen LogP contribution in [-0.4, -0.2) is 11.7 Å². The van der Waals surface area contributed by atoms with Gasteiger partial charge < -0.3 is 9.84 Å². The van der Waals surface area contributed by atoms with E-state index < -0.39 is 5.60 Å². The monoisotopic (exact) mass is 232 g/mol. The Bertz CT molecular complexity index is 427. The Kier molecular flexibility index (Phi) is 2.62. The third kappa shape index (κ3) is 1.85. The molecule has 1 fully saturated rings. The number of rotatable bonds is 1. The summed E-state index contributed by atoms with van der Waals surface area (Å²) >= 11 is 0. The van der Waals surface area contributed by atoms with Crippen LogP contribution in [-0.2, 0) is 12.0 Å². The predicted molar refractivity (Wildman–Crippen MR) is 67.2 cm³/mol. The third-order valence-electron chi connectivity index (χ3n) is 4.19. The van der Waals surface area contributed by atoms with Gasteiger partial charge in [-0.2, -0.15) is 0 Å². The van der Waals surface area contributed by atoms with Gasteiger partial charge in [-0.25, -0.2) is 0 Å². The highest BCUT2D eigenvalue weighted by Crippen LogP contribution is 2.45. The summed E-state index contributed by atoms with van der Waals surface area (Å²) in [6.45, 7) is 2.99. The number of hydrogen-bond acceptors (Lipinski definition) is 2. The average Bonchev–Trinajstić information content (AvgIpc) is 2.76. The van der Waals surface area contributed by atoms with Gasteiger partial charge in [0.1, 0.15) is 5.75 Å². The van der Waals surface area contributed by atoms with Crippen molar-refractivity contribution in [2.75, 3.05) is 6.61 Å². The van der Waals surface area contributed by atoms with Crippen LogP contribution in [0.2, 0.25) is 0 Å². The predicted octanol–water partition coefficient (Wildman–Crippen LogP) is 3.02. The van der Waals surface area contributed by atoms with Crippen LogP contribution >= 0.6 is 0 Å². The highest BCUT2D eigenvalue weighted by atomic mass is 16.5. The quantitative estimate of drug-likeness (QED) is 0.806. The van der Waals surface area contributed by atoms with Gasteiger partial charge >= 0.3 is 0 Å². The van der Waals surface area contributed by atoms with Gasteiger partial charge in [0, 0.05) is 12.0 Å². The summed E-state index contributed by atoms with van der Waals surface area (Å²) in [7, 11) is 0. The fourth-order valence-electron chi connectivity index (χ4n) is 3.35. The summed E-state index contributed by atoms with van der Waals surface area (Å²) in [5, 5.41) is 10.9. The molecule has 2 atom stereocenters. The zero-order chi connectivity index (χ0) is 11.9. The van der Waals surface area contributed by atoms with Crippen LogP contribution in [0.3, 0.4) is 0 Å². The van der Waals surface area contributed by atoms with Gasteiger partial charge in [-0.1, -0.05) is 31.5 Å². The minimum absolute atomic E-state index is 0.603. The lowest BCUT2D eigenvalue weighted by molar-refractivity contribution is -0.0196. The summed E-state index contributed by atoms with van der Waals surface area (Å²) in [5.74, 6) is 1.56. The molecule has 2 unspecified atom stereocenters. The molecule has 2 heteroatoms. The van der Waals surface area contributed by atoms with E-state index in [1.54, 1.807) is 0 Å². The van der Waals surface area contributed by atoms with E-state index in [1.807, 2.05) is 6.07 Å². The SMILES string of the molecule is CC1CCCC(O)(c2cccc3c2OCC3)C1. The van der Waals surface area contributed by atoms with Crippen molar-refractivity contribution in [3.63, 3.8) is 0 Å². The van der Waals surface area contributed by atoms with Gasteiger partial charge in [-0.3, -0.25) is 0 Å². The Hall–Kier alpha value is -1.02. The average molecular weight is 232 g/mol. The second kappa shape index (κ2) is 4.02. The van der Waals surface area contributed by atoms with E-state index in [9.17, 15) is 5.11 Å². The van der Waals surface area contributed by atoms with Crippen LogP contribution in [0, 0.1) is 5.92 Å². The molecule has 1 heterocycles. The van der Waals surface area contributed by atoms with Gasteiger partial charge in [0.05, 0.1) is 12.2 Å². The molecule has 2 aliphatic rings. The van der Waals surface area contributed by atoms with Gasteiger partial charge in [-0.05, 0) is 30.7 Å². The van der Waals surface area contributed by atoms with Crippen molar-refractivity contribution in [1.29, 1.82) is 0 Å². The van der Waals surface area contributed by atoms with E-state index in [2.05, 4.69) is 19.1 Å². The molecule has 3 rings (SSSR count). The number of aliphatic hydroxyl groups is 1. The fraction of sp³-hybridized carbons (Fsp3) is 0.600. The first-order valence-corrected chi connectivity index (χ1v) is 6.66. The van der Waals surface area contributed by atoms with Crippen molar-refractivity contribution in [3.8, 4) is 5.75 Å². The van der Waals surface area contributed by atoms with Crippen molar-refractivity contribution < 1.29 is 9.84 Å². The number of ether oxygens (including phenoxy) is 1. The molecule has 1 aliphatic carbocycles. The summed E-state index contributed by atoms with van der Waals surface area (Å²) in [6, 6.07) is 6.21. The lowest BCUT2D eigenvalue weighted by atomic mass is 9.74. The van der Waals surface area contributed by atoms with Crippen LogP contribution in [0.25, 0.3) is 0 Å². The maximum Gasteiger partial charge on any atom is 0.128 e. The standard InChI is InChI=1S/C15H20O2/c1-11-4-3-8-15(16,10-11)13-6-2-5-12-7-9-17-14(12)13/h2,5-6,11,16H,3-4,7-10H2,1H3.